The largest absolute Gasteiger partial charge is 0.393 e. The number of hydrogen-bond acceptors (Lipinski definition) is 3. The number of Topliss-reactive ketones (excluding diaryl/α,β-unsaturated/α-hetero) is 1. The second-order valence-electron chi connectivity index (χ2n) is 5.30. The van der Waals surface area contributed by atoms with Crippen molar-refractivity contribution < 1.29 is 9.90 Å². The number of aliphatic hydroxyl groups excluding tert-OH is 1. The second-order valence-corrected chi connectivity index (χ2v) is 5.30. The number of hydrogen-bond donors (Lipinski definition) is 1. The van der Waals surface area contributed by atoms with Gasteiger partial charge in [0.15, 0.2) is 0 Å². The fourth-order valence-corrected chi connectivity index (χ4v) is 2.71. The van der Waals surface area contributed by atoms with Crippen LogP contribution in [0.1, 0.15) is 58.8 Å². The van der Waals surface area contributed by atoms with Gasteiger partial charge in [0.05, 0.1) is 6.10 Å². The van der Waals surface area contributed by atoms with Crippen LogP contribution in [0.25, 0.3) is 0 Å². The number of rotatable bonds is 6. The third-order valence-electron chi connectivity index (χ3n) is 4.10. The molecule has 2 unspecified atom stereocenters. The predicted octanol–water partition coefficient (Wildman–Crippen LogP) is 2.37. The molecule has 0 aromatic carbocycles. The van der Waals surface area contributed by atoms with E-state index in [0.29, 0.717) is 30.7 Å². The zero-order chi connectivity index (χ0) is 12.8. The van der Waals surface area contributed by atoms with Crippen molar-refractivity contribution in [2.24, 2.45) is 0 Å². The van der Waals surface area contributed by atoms with Gasteiger partial charge in [-0.05, 0) is 32.7 Å². The molecule has 1 N–H and O–H groups in total. The summed E-state index contributed by atoms with van der Waals surface area (Å²) in [7, 11) is 2.11. The Labute approximate surface area is 105 Å². The van der Waals surface area contributed by atoms with E-state index in [1.54, 1.807) is 0 Å². The first-order valence-electron chi connectivity index (χ1n) is 7.00. The number of aliphatic hydroxyl groups is 1. The summed E-state index contributed by atoms with van der Waals surface area (Å²) in [5.74, 6) is 0.360. The van der Waals surface area contributed by atoms with Gasteiger partial charge in [-0.2, -0.15) is 0 Å². The van der Waals surface area contributed by atoms with Gasteiger partial charge in [-0.25, -0.2) is 0 Å². The number of carbonyl (C=O) groups is 1. The van der Waals surface area contributed by atoms with E-state index >= 15 is 0 Å². The predicted molar refractivity (Wildman–Crippen MR) is 70.0 cm³/mol. The Hall–Kier alpha value is -0.410. The highest BCUT2D eigenvalue weighted by Crippen LogP contribution is 2.26. The maximum absolute atomic E-state index is 11.5. The fraction of sp³-hybridized carbons (Fsp3) is 0.929. The first-order chi connectivity index (χ1) is 8.08. The Kier molecular flexibility index (Phi) is 6.14. The molecule has 0 aromatic rings. The molecule has 1 aliphatic rings. The number of piperidine rings is 1. The molecule has 1 rings (SSSR count). The minimum atomic E-state index is -0.192. The second kappa shape index (κ2) is 7.12. The standard InChI is InChI=1S/C14H27NO2/c1-4-13(16)9-11-7-6-8-12(15(11)3)10-14(17)5-2/h11-13,16H,4-10H2,1-3H3/t11?,12?,13-/m0/s1. The van der Waals surface area contributed by atoms with Crippen LogP contribution in [0.5, 0.6) is 0 Å². The number of nitrogens with zero attached hydrogens (tertiary/aromatic N) is 1. The summed E-state index contributed by atoms with van der Waals surface area (Å²) in [6, 6.07) is 0.846. The van der Waals surface area contributed by atoms with Gasteiger partial charge in [-0.1, -0.05) is 20.3 Å². The van der Waals surface area contributed by atoms with Crippen LogP contribution in [-0.2, 0) is 4.79 Å². The minimum Gasteiger partial charge on any atom is -0.393 e. The molecule has 1 saturated heterocycles. The molecule has 3 heteroatoms. The van der Waals surface area contributed by atoms with Crippen LogP contribution >= 0.6 is 0 Å². The quantitative estimate of drug-likeness (QED) is 0.776. The zero-order valence-electron chi connectivity index (χ0n) is 11.5. The first-order valence-corrected chi connectivity index (χ1v) is 7.00. The molecule has 0 radical (unpaired) electrons. The van der Waals surface area contributed by atoms with Gasteiger partial charge in [0.25, 0.3) is 0 Å². The van der Waals surface area contributed by atoms with Crippen molar-refractivity contribution in [1.29, 1.82) is 0 Å². The molecule has 3 atom stereocenters. The fourth-order valence-electron chi connectivity index (χ4n) is 2.71. The molecule has 100 valence electrons. The average molecular weight is 241 g/mol. The maximum Gasteiger partial charge on any atom is 0.134 e. The number of likely N-dealkylation sites (tertiary alicyclic amines) is 1. The van der Waals surface area contributed by atoms with E-state index in [1.165, 1.54) is 6.42 Å². The molecule has 1 heterocycles. The van der Waals surface area contributed by atoms with E-state index in [1.807, 2.05) is 13.8 Å². The molecule has 0 amide bonds. The summed E-state index contributed by atoms with van der Waals surface area (Å²) in [5.41, 5.74) is 0. The van der Waals surface area contributed by atoms with E-state index in [0.717, 1.165) is 25.7 Å². The van der Waals surface area contributed by atoms with Crippen molar-refractivity contribution in [3.63, 3.8) is 0 Å². The Morgan fingerprint density at radius 2 is 2.00 bits per heavy atom. The van der Waals surface area contributed by atoms with Gasteiger partial charge >= 0.3 is 0 Å². The lowest BCUT2D eigenvalue weighted by molar-refractivity contribution is -0.120. The van der Waals surface area contributed by atoms with E-state index < -0.39 is 0 Å². The third-order valence-corrected chi connectivity index (χ3v) is 4.10. The molecule has 0 aromatic heterocycles. The highest BCUT2D eigenvalue weighted by molar-refractivity contribution is 5.78. The SMILES string of the molecule is CCC(=O)CC1CCCC(C[C@@H](O)CC)N1C. The molecule has 1 fully saturated rings. The Morgan fingerprint density at radius 1 is 1.35 bits per heavy atom. The molecule has 0 saturated carbocycles. The molecular formula is C14H27NO2. The summed E-state index contributed by atoms with van der Waals surface area (Å²) in [6.45, 7) is 3.95. The lowest BCUT2D eigenvalue weighted by Gasteiger charge is -2.40. The molecule has 0 bridgehead atoms. The molecule has 1 aliphatic heterocycles. The highest BCUT2D eigenvalue weighted by atomic mass is 16.3. The molecule has 17 heavy (non-hydrogen) atoms. The Balaban J connectivity index is 2.49. The van der Waals surface area contributed by atoms with Crippen molar-refractivity contribution in [3.8, 4) is 0 Å². The molecule has 0 spiro atoms. The van der Waals surface area contributed by atoms with E-state index in [4.69, 9.17) is 0 Å². The van der Waals surface area contributed by atoms with Crippen molar-refractivity contribution in [2.75, 3.05) is 7.05 Å². The Morgan fingerprint density at radius 3 is 2.59 bits per heavy atom. The van der Waals surface area contributed by atoms with E-state index in [-0.39, 0.29) is 6.10 Å². The van der Waals surface area contributed by atoms with Crippen LogP contribution in [0, 0.1) is 0 Å². The van der Waals surface area contributed by atoms with Crippen molar-refractivity contribution >= 4 is 5.78 Å². The van der Waals surface area contributed by atoms with Gasteiger partial charge in [-0.3, -0.25) is 9.69 Å². The molecular weight excluding hydrogens is 214 g/mol. The summed E-state index contributed by atoms with van der Waals surface area (Å²) >= 11 is 0. The van der Waals surface area contributed by atoms with Crippen LogP contribution in [0.4, 0.5) is 0 Å². The van der Waals surface area contributed by atoms with Crippen LogP contribution in [0.2, 0.25) is 0 Å². The Bertz CT molecular complexity index is 242. The van der Waals surface area contributed by atoms with E-state index in [9.17, 15) is 9.90 Å². The number of ketones is 1. The highest BCUT2D eigenvalue weighted by Gasteiger charge is 2.29. The van der Waals surface area contributed by atoms with Gasteiger partial charge in [0.1, 0.15) is 5.78 Å². The maximum atomic E-state index is 11.5. The number of carbonyl (C=O) groups excluding carboxylic acids is 1. The average Bonchev–Trinajstić information content (AvgIpc) is 2.33. The normalized spacial score (nSPS) is 28.0. The topological polar surface area (TPSA) is 40.5 Å². The van der Waals surface area contributed by atoms with Gasteiger partial charge in [-0.15, -0.1) is 0 Å². The molecule has 0 aliphatic carbocycles. The summed E-state index contributed by atoms with van der Waals surface area (Å²) in [6.07, 6.45) is 6.28. The van der Waals surface area contributed by atoms with Crippen LogP contribution < -0.4 is 0 Å². The monoisotopic (exact) mass is 241 g/mol. The first kappa shape index (κ1) is 14.7. The lowest BCUT2D eigenvalue weighted by Crippen LogP contribution is -2.46. The molecule has 3 nitrogen and oxygen atoms in total. The van der Waals surface area contributed by atoms with Crippen molar-refractivity contribution in [1.82, 2.24) is 4.90 Å². The van der Waals surface area contributed by atoms with Crippen LogP contribution in [-0.4, -0.2) is 41.0 Å². The lowest BCUT2D eigenvalue weighted by atomic mass is 9.89. The van der Waals surface area contributed by atoms with Crippen LogP contribution in [0.15, 0.2) is 0 Å². The van der Waals surface area contributed by atoms with Gasteiger partial charge in [0.2, 0.25) is 0 Å². The van der Waals surface area contributed by atoms with Crippen molar-refractivity contribution in [3.05, 3.63) is 0 Å². The van der Waals surface area contributed by atoms with Crippen LogP contribution in [0.3, 0.4) is 0 Å². The summed E-state index contributed by atoms with van der Waals surface area (Å²) in [4.78, 5) is 13.9. The zero-order valence-corrected chi connectivity index (χ0v) is 11.5. The van der Waals surface area contributed by atoms with Crippen molar-refractivity contribution in [2.45, 2.75) is 77.0 Å². The van der Waals surface area contributed by atoms with Gasteiger partial charge in [0, 0.05) is 24.9 Å². The minimum absolute atomic E-state index is 0.192. The van der Waals surface area contributed by atoms with Gasteiger partial charge < -0.3 is 5.11 Å². The summed E-state index contributed by atoms with van der Waals surface area (Å²) in [5, 5.41) is 9.75. The third kappa shape index (κ3) is 4.40. The van der Waals surface area contributed by atoms with E-state index in [2.05, 4.69) is 11.9 Å². The summed E-state index contributed by atoms with van der Waals surface area (Å²) < 4.78 is 0. The smallest absolute Gasteiger partial charge is 0.134 e.